The number of hydrogen-bond donors (Lipinski definition) is 0. The Morgan fingerprint density at radius 3 is 2.52 bits per heavy atom. The number of benzene rings is 2. The maximum absolute atomic E-state index is 13.1. The van der Waals surface area contributed by atoms with E-state index in [2.05, 4.69) is 10.2 Å². The van der Waals surface area contributed by atoms with Crippen molar-refractivity contribution in [1.82, 2.24) is 14.8 Å². The van der Waals surface area contributed by atoms with Crippen LogP contribution in [0.15, 0.2) is 59.8 Å². The van der Waals surface area contributed by atoms with Gasteiger partial charge in [0.25, 0.3) is 0 Å². The summed E-state index contributed by atoms with van der Waals surface area (Å²) in [5.74, 6) is 2.10. The molecule has 1 aromatic heterocycles. The normalized spacial score (nSPS) is 10.7. The molecule has 1 heterocycles. The van der Waals surface area contributed by atoms with E-state index in [1.165, 1.54) is 12.1 Å². The van der Waals surface area contributed by atoms with E-state index in [1.54, 1.807) is 23.9 Å². The first-order valence-electron chi connectivity index (χ1n) is 7.22. The Morgan fingerprint density at radius 2 is 1.78 bits per heavy atom. The molecule has 0 atom stereocenters. The summed E-state index contributed by atoms with van der Waals surface area (Å²) in [6.45, 7) is 2.45. The van der Waals surface area contributed by atoms with Crippen LogP contribution in [0.25, 0.3) is 5.69 Å². The highest BCUT2D eigenvalue weighted by molar-refractivity contribution is 7.99. The summed E-state index contributed by atoms with van der Waals surface area (Å²) in [6, 6.07) is 16.0. The molecule has 0 fully saturated rings. The van der Waals surface area contributed by atoms with Crippen molar-refractivity contribution in [3.8, 4) is 11.4 Å². The summed E-state index contributed by atoms with van der Waals surface area (Å²) in [6.07, 6.45) is 0. The summed E-state index contributed by atoms with van der Waals surface area (Å²) >= 11 is 1.56. The largest absolute Gasteiger partial charge is 0.493 e. The van der Waals surface area contributed by atoms with Gasteiger partial charge >= 0.3 is 0 Å². The minimum absolute atomic E-state index is 0.259. The van der Waals surface area contributed by atoms with Gasteiger partial charge < -0.3 is 4.74 Å². The lowest BCUT2D eigenvalue weighted by Gasteiger charge is -2.09. The summed E-state index contributed by atoms with van der Waals surface area (Å²) in [7, 11) is 0. The van der Waals surface area contributed by atoms with Crippen LogP contribution in [0.3, 0.4) is 0 Å². The van der Waals surface area contributed by atoms with E-state index >= 15 is 0 Å². The lowest BCUT2D eigenvalue weighted by molar-refractivity contribution is 0.344. The van der Waals surface area contributed by atoms with E-state index in [0.29, 0.717) is 6.61 Å². The molecule has 0 radical (unpaired) electrons. The monoisotopic (exact) mass is 329 g/mol. The van der Waals surface area contributed by atoms with Crippen LogP contribution >= 0.6 is 11.8 Å². The van der Waals surface area contributed by atoms with Gasteiger partial charge in [-0.05, 0) is 43.3 Å². The fraction of sp³-hybridized carbons (Fsp3) is 0.176. The highest BCUT2D eigenvalue weighted by atomic mass is 32.2. The van der Waals surface area contributed by atoms with Gasteiger partial charge in [-0.2, -0.15) is 0 Å². The molecule has 0 bridgehead atoms. The first-order chi connectivity index (χ1) is 11.2. The van der Waals surface area contributed by atoms with Crippen molar-refractivity contribution >= 4 is 11.8 Å². The molecule has 4 nitrogen and oxygen atoms in total. The van der Waals surface area contributed by atoms with E-state index in [4.69, 9.17) is 4.74 Å². The molecule has 2 aromatic carbocycles. The third kappa shape index (κ3) is 3.90. The molecular formula is C17H16FN3OS. The van der Waals surface area contributed by atoms with Crippen LogP contribution in [-0.4, -0.2) is 27.1 Å². The van der Waals surface area contributed by atoms with E-state index in [9.17, 15) is 4.39 Å². The molecule has 0 aliphatic rings. The Morgan fingerprint density at radius 1 is 1.04 bits per heavy atom. The van der Waals surface area contributed by atoms with Crippen LogP contribution in [0.1, 0.15) is 5.82 Å². The van der Waals surface area contributed by atoms with Gasteiger partial charge in [0.1, 0.15) is 17.4 Å². The van der Waals surface area contributed by atoms with Crippen molar-refractivity contribution in [1.29, 1.82) is 0 Å². The fourth-order valence-corrected chi connectivity index (χ4v) is 2.95. The Hall–Kier alpha value is -2.34. The molecule has 3 aromatic rings. The number of aromatic nitrogens is 3. The van der Waals surface area contributed by atoms with Crippen LogP contribution in [0.5, 0.6) is 5.75 Å². The first kappa shape index (κ1) is 15.6. The van der Waals surface area contributed by atoms with Crippen molar-refractivity contribution in [2.45, 2.75) is 12.1 Å². The standard InChI is InChI=1S/C17H16FN3OS/c1-13-19-20-17(21(13)15-9-7-14(18)8-10-15)23-12-11-22-16-5-3-2-4-6-16/h2-10H,11-12H2,1H3. The summed E-state index contributed by atoms with van der Waals surface area (Å²) in [5, 5.41) is 9.06. The van der Waals surface area contributed by atoms with E-state index in [-0.39, 0.29) is 5.82 Å². The molecule has 118 valence electrons. The SMILES string of the molecule is Cc1nnc(SCCOc2ccccc2)n1-c1ccc(F)cc1. The number of hydrogen-bond acceptors (Lipinski definition) is 4. The van der Waals surface area contributed by atoms with E-state index in [0.717, 1.165) is 28.2 Å². The number of ether oxygens (including phenoxy) is 1. The Kier molecular flexibility index (Phi) is 4.92. The minimum atomic E-state index is -0.259. The number of thioether (sulfide) groups is 1. The van der Waals surface area contributed by atoms with Gasteiger partial charge in [-0.1, -0.05) is 30.0 Å². The predicted molar refractivity (Wildman–Crippen MR) is 88.7 cm³/mol. The average molecular weight is 329 g/mol. The molecule has 0 saturated heterocycles. The van der Waals surface area contributed by atoms with Gasteiger partial charge in [-0.3, -0.25) is 4.57 Å². The van der Waals surface area contributed by atoms with Crippen molar-refractivity contribution in [3.63, 3.8) is 0 Å². The van der Waals surface area contributed by atoms with Crippen LogP contribution < -0.4 is 4.74 Å². The molecule has 0 spiro atoms. The second kappa shape index (κ2) is 7.28. The highest BCUT2D eigenvalue weighted by Crippen LogP contribution is 2.22. The molecule has 0 aliphatic carbocycles. The van der Waals surface area contributed by atoms with Crippen molar-refractivity contribution in [2.24, 2.45) is 0 Å². The average Bonchev–Trinajstić information content (AvgIpc) is 2.94. The zero-order valence-corrected chi connectivity index (χ0v) is 13.5. The number of nitrogens with zero attached hydrogens (tertiary/aromatic N) is 3. The third-order valence-corrected chi connectivity index (χ3v) is 4.10. The van der Waals surface area contributed by atoms with Crippen molar-refractivity contribution in [2.75, 3.05) is 12.4 Å². The number of para-hydroxylation sites is 1. The third-order valence-electron chi connectivity index (χ3n) is 3.21. The maximum Gasteiger partial charge on any atom is 0.195 e. The topological polar surface area (TPSA) is 39.9 Å². The molecule has 0 unspecified atom stereocenters. The molecule has 6 heteroatoms. The quantitative estimate of drug-likeness (QED) is 0.508. The lowest BCUT2D eigenvalue weighted by Crippen LogP contribution is -2.03. The zero-order chi connectivity index (χ0) is 16.1. The number of halogens is 1. The Bertz CT molecular complexity index is 759. The van der Waals surface area contributed by atoms with Gasteiger partial charge in [0.05, 0.1) is 6.61 Å². The minimum Gasteiger partial charge on any atom is -0.493 e. The van der Waals surface area contributed by atoms with Crippen molar-refractivity contribution < 1.29 is 9.13 Å². The maximum atomic E-state index is 13.1. The molecule has 0 aliphatic heterocycles. The molecule has 0 saturated carbocycles. The van der Waals surface area contributed by atoms with Crippen LogP contribution in [0.2, 0.25) is 0 Å². The highest BCUT2D eigenvalue weighted by Gasteiger charge is 2.11. The molecule has 0 N–H and O–H groups in total. The summed E-state index contributed by atoms with van der Waals surface area (Å²) < 4.78 is 20.7. The van der Waals surface area contributed by atoms with Gasteiger partial charge in [-0.25, -0.2) is 4.39 Å². The molecular weight excluding hydrogens is 313 g/mol. The van der Waals surface area contributed by atoms with Gasteiger partial charge in [0.2, 0.25) is 0 Å². The smallest absolute Gasteiger partial charge is 0.195 e. The number of rotatable bonds is 6. The van der Waals surface area contributed by atoms with Crippen LogP contribution in [0.4, 0.5) is 4.39 Å². The Labute approximate surface area is 138 Å². The Balaban J connectivity index is 1.63. The summed E-state index contributed by atoms with van der Waals surface area (Å²) in [4.78, 5) is 0. The second-order valence-electron chi connectivity index (χ2n) is 4.85. The van der Waals surface area contributed by atoms with Gasteiger partial charge in [0.15, 0.2) is 5.16 Å². The van der Waals surface area contributed by atoms with Crippen LogP contribution in [-0.2, 0) is 0 Å². The first-order valence-corrected chi connectivity index (χ1v) is 8.21. The van der Waals surface area contributed by atoms with Gasteiger partial charge in [0, 0.05) is 11.4 Å². The molecule has 23 heavy (non-hydrogen) atoms. The number of aryl methyl sites for hydroxylation is 1. The summed E-state index contributed by atoms with van der Waals surface area (Å²) in [5.41, 5.74) is 0.848. The fourth-order valence-electron chi connectivity index (χ4n) is 2.13. The van der Waals surface area contributed by atoms with E-state index < -0.39 is 0 Å². The molecule has 0 amide bonds. The second-order valence-corrected chi connectivity index (χ2v) is 5.91. The van der Waals surface area contributed by atoms with Crippen LogP contribution in [0, 0.1) is 12.7 Å². The zero-order valence-electron chi connectivity index (χ0n) is 12.6. The lowest BCUT2D eigenvalue weighted by atomic mass is 10.3. The molecule has 3 rings (SSSR count). The van der Waals surface area contributed by atoms with Crippen molar-refractivity contribution in [3.05, 3.63) is 66.2 Å². The van der Waals surface area contributed by atoms with Gasteiger partial charge in [-0.15, -0.1) is 10.2 Å². The van der Waals surface area contributed by atoms with E-state index in [1.807, 2.05) is 41.8 Å². The predicted octanol–water partition coefficient (Wildman–Crippen LogP) is 3.89.